The number of rotatable bonds is 5. The number of carbonyl (C=O) groups is 1. The summed E-state index contributed by atoms with van der Waals surface area (Å²) in [7, 11) is 0. The van der Waals surface area contributed by atoms with E-state index in [1.165, 1.54) is 6.26 Å². The number of nitrogens with two attached hydrogens (primary N) is 1. The number of nitrogens with one attached hydrogen (secondary N) is 1. The van der Waals surface area contributed by atoms with E-state index in [4.69, 9.17) is 10.2 Å². The summed E-state index contributed by atoms with van der Waals surface area (Å²) in [5.41, 5.74) is 7.85. The molecule has 25 heavy (non-hydrogen) atoms. The summed E-state index contributed by atoms with van der Waals surface area (Å²) in [4.78, 5) is 16.4. The van der Waals surface area contributed by atoms with E-state index in [0.717, 1.165) is 10.0 Å². The number of amides is 1. The highest BCUT2D eigenvalue weighted by Gasteiger charge is 2.17. The highest BCUT2D eigenvalue weighted by Crippen LogP contribution is 2.19. The Morgan fingerprint density at radius 1 is 1.20 bits per heavy atom. The quantitative estimate of drug-likeness (QED) is 0.605. The number of oxazole rings is 1. The van der Waals surface area contributed by atoms with Gasteiger partial charge < -0.3 is 20.6 Å². The molecule has 1 amide bonds. The van der Waals surface area contributed by atoms with E-state index in [1.54, 1.807) is 36.4 Å². The minimum Gasteiger partial charge on any atom is -0.508 e. The number of hydrogen-bond acceptors (Lipinski definition) is 5. The third kappa shape index (κ3) is 4.46. The molecule has 6 nitrogen and oxygen atoms in total. The van der Waals surface area contributed by atoms with E-state index in [0.29, 0.717) is 12.1 Å². The van der Waals surface area contributed by atoms with Gasteiger partial charge in [0, 0.05) is 10.2 Å². The van der Waals surface area contributed by atoms with Gasteiger partial charge in [-0.15, -0.1) is 0 Å². The maximum Gasteiger partial charge on any atom is 0.277 e. The first kappa shape index (κ1) is 17.2. The zero-order chi connectivity index (χ0) is 17.8. The maximum absolute atomic E-state index is 12.2. The summed E-state index contributed by atoms with van der Waals surface area (Å²) >= 11 is 3.34. The van der Waals surface area contributed by atoms with Crippen molar-refractivity contribution in [2.45, 2.75) is 12.5 Å². The standard InChI is InChI=1S/C18H16BrN3O3/c19-12-3-5-13(6-4-12)21-17(24)16-10-25-18(22-16)15(20)9-11-1-7-14(23)8-2-11/h1-8,10,15,23H,9,20H2,(H,21,24). The predicted molar refractivity (Wildman–Crippen MR) is 97.3 cm³/mol. The van der Waals surface area contributed by atoms with Crippen molar-refractivity contribution in [2.75, 3.05) is 5.32 Å². The van der Waals surface area contributed by atoms with E-state index >= 15 is 0 Å². The fraction of sp³-hybridized carbons (Fsp3) is 0.111. The van der Waals surface area contributed by atoms with Crippen molar-refractivity contribution in [3.63, 3.8) is 0 Å². The van der Waals surface area contributed by atoms with Crippen LogP contribution in [0.1, 0.15) is 28.0 Å². The minimum absolute atomic E-state index is 0.166. The highest BCUT2D eigenvalue weighted by molar-refractivity contribution is 9.10. The summed E-state index contributed by atoms with van der Waals surface area (Å²) < 4.78 is 6.27. The SMILES string of the molecule is NC(Cc1ccc(O)cc1)c1nc(C(=O)Nc2ccc(Br)cc2)co1. The van der Waals surface area contributed by atoms with Crippen LogP contribution in [0.5, 0.6) is 5.75 Å². The Balaban J connectivity index is 1.65. The average Bonchev–Trinajstić information content (AvgIpc) is 3.09. The number of halogens is 1. The second-order valence-corrected chi connectivity index (χ2v) is 6.42. The van der Waals surface area contributed by atoms with Gasteiger partial charge in [-0.1, -0.05) is 28.1 Å². The number of carbonyl (C=O) groups excluding carboxylic acids is 1. The molecule has 0 spiro atoms. The van der Waals surface area contributed by atoms with Crippen molar-refractivity contribution in [1.29, 1.82) is 0 Å². The number of aromatic hydroxyl groups is 1. The molecule has 1 atom stereocenters. The van der Waals surface area contributed by atoms with Crippen LogP contribution in [0.3, 0.4) is 0 Å². The van der Waals surface area contributed by atoms with Crippen LogP contribution in [-0.2, 0) is 6.42 Å². The first-order chi connectivity index (χ1) is 12.0. The second kappa shape index (κ2) is 7.50. The van der Waals surface area contributed by atoms with Gasteiger partial charge in [0.1, 0.15) is 12.0 Å². The number of phenols is 1. The van der Waals surface area contributed by atoms with Crippen LogP contribution in [0, 0.1) is 0 Å². The number of nitrogens with zero attached hydrogens (tertiary/aromatic N) is 1. The third-order valence-electron chi connectivity index (χ3n) is 3.57. The summed E-state index contributed by atoms with van der Waals surface area (Å²) in [5, 5.41) is 12.0. The van der Waals surface area contributed by atoms with E-state index in [-0.39, 0.29) is 23.2 Å². The van der Waals surface area contributed by atoms with Crippen molar-refractivity contribution in [3.05, 3.63) is 76.4 Å². The summed E-state index contributed by atoms with van der Waals surface area (Å²) in [5.74, 6) is 0.114. The van der Waals surface area contributed by atoms with Crippen LogP contribution in [0.25, 0.3) is 0 Å². The number of aromatic nitrogens is 1. The average molecular weight is 402 g/mol. The van der Waals surface area contributed by atoms with Gasteiger partial charge >= 0.3 is 0 Å². The molecule has 0 aliphatic carbocycles. The lowest BCUT2D eigenvalue weighted by Crippen LogP contribution is -2.16. The lowest BCUT2D eigenvalue weighted by molar-refractivity contribution is 0.102. The van der Waals surface area contributed by atoms with E-state index < -0.39 is 6.04 Å². The van der Waals surface area contributed by atoms with Gasteiger partial charge in [-0.2, -0.15) is 0 Å². The Morgan fingerprint density at radius 2 is 1.88 bits per heavy atom. The zero-order valence-corrected chi connectivity index (χ0v) is 14.7. The lowest BCUT2D eigenvalue weighted by Gasteiger charge is -2.07. The largest absolute Gasteiger partial charge is 0.508 e. The number of hydrogen-bond donors (Lipinski definition) is 3. The summed E-state index contributed by atoms with van der Waals surface area (Å²) in [6, 6.07) is 13.5. The van der Waals surface area contributed by atoms with Gasteiger partial charge in [-0.3, -0.25) is 4.79 Å². The van der Waals surface area contributed by atoms with Crippen molar-refractivity contribution in [2.24, 2.45) is 5.73 Å². The Labute approximate surface area is 152 Å². The molecule has 0 bridgehead atoms. The van der Waals surface area contributed by atoms with Crippen LogP contribution in [0.2, 0.25) is 0 Å². The molecule has 7 heteroatoms. The first-order valence-corrected chi connectivity index (χ1v) is 8.36. The van der Waals surface area contributed by atoms with Crippen molar-refractivity contribution in [1.82, 2.24) is 4.98 Å². The Kier molecular flexibility index (Phi) is 5.16. The molecule has 0 aliphatic rings. The summed E-state index contributed by atoms with van der Waals surface area (Å²) in [6.07, 6.45) is 1.77. The maximum atomic E-state index is 12.2. The predicted octanol–water partition coefficient (Wildman–Crippen LogP) is 3.64. The zero-order valence-electron chi connectivity index (χ0n) is 13.1. The monoisotopic (exact) mass is 401 g/mol. The molecular formula is C18H16BrN3O3. The number of benzene rings is 2. The molecule has 0 saturated carbocycles. The molecule has 1 unspecified atom stereocenters. The van der Waals surface area contributed by atoms with Gasteiger partial charge in [0.25, 0.3) is 5.91 Å². The molecule has 0 aliphatic heterocycles. The second-order valence-electron chi connectivity index (χ2n) is 5.51. The molecule has 1 aromatic heterocycles. The first-order valence-electron chi connectivity index (χ1n) is 7.57. The van der Waals surface area contributed by atoms with Crippen molar-refractivity contribution >= 4 is 27.5 Å². The van der Waals surface area contributed by atoms with Crippen molar-refractivity contribution < 1.29 is 14.3 Å². The minimum atomic E-state index is -0.487. The van der Waals surface area contributed by atoms with Crippen LogP contribution < -0.4 is 11.1 Å². The van der Waals surface area contributed by atoms with Crippen LogP contribution in [-0.4, -0.2) is 16.0 Å². The molecule has 4 N–H and O–H groups in total. The van der Waals surface area contributed by atoms with Gasteiger partial charge in [-0.25, -0.2) is 4.98 Å². The van der Waals surface area contributed by atoms with Crippen LogP contribution in [0.4, 0.5) is 5.69 Å². The fourth-order valence-corrected chi connectivity index (χ4v) is 2.53. The highest BCUT2D eigenvalue weighted by atomic mass is 79.9. The molecule has 0 fully saturated rings. The number of phenolic OH excluding ortho intramolecular Hbond substituents is 1. The lowest BCUT2D eigenvalue weighted by atomic mass is 10.1. The molecule has 3 aromatic rings. The topological polar surface area (TPSA) is 101 Å². The van der Waals surface area contributed by atoms with E-state index in [2.05, 4.69) is 26.2 Å². The summed E-state index contributed by atoms with van der Waals surface area (Å²) in [6.45, 7) is 0. The van der Waals surface area contributed by atoms with Gasteiger partial charge in [-0.05, 0) is 48.4 Å². The molecule has 0 radical (unpaired) electrons. The molecule has 2 aromatic carbocycles. The Hall–Kier alpha value is -2.64. The third-order valence-corrected chi connectivity index (χ3v) is 4.09. The molecule has 0 saturated heterocycles. The van der Waals surface area contributed by atoms with Gasteiger partial charge in [0.05, 0.1) is 6.04 Å². The van der Waals surface area contributed by atoms with Gasteiger partial charge in [0.2, 0.25) is 5.89 Å². The van der Waals surface area contributed by atoms with Crippen LogP contribution >= 0.6 is 15.9 Å². The van der Waals surface area contributed by atoms with Gasteiger partial charge in [0.15, 0.2) is 5.69 Å². The number of anilines is 1. The molecule has 128 valence electrons. The van der Waals surface area contributed by atoms with E-state index in [1.807, 2.05) is 12.1 Å². The Morgan fingerprint density at radius 3 is 2.56 bits per heavy atom. The molecule has 1 heterocycles. The molecule has 3 rings (SSSR count). The van der Waals surface area contributed by atoms with Crippen molar-refractivity contribution in [3.8, 4) is 5.75 Å². The van der Waals surface area contributed by atoms with Crippen LogP contribution in [0.15, 0.2) is 63.7 Å². The normalized spacial score (nSPS) is 11.9. The molecular weight excluding hydrogens is 386 g/mol. The fourth-order valence-electron chi connectivity index (χ4n) is 2.26. The Bertz CT molecular complexity index is 860. The van der Waals surface area contributed by atoms with E-state index in [9.17, 15) is 9.90 Å². The smallest absolute Gasteiger partial charge is 0.277 e.